The largest absolute Gasteiger partial charge is 0.455 e. The Kier molecular flexibility index (Phi) is 6.45. The molecule has 5 aromatic rings. The number of aliphatic imine (C=N–C) groups is 1. The highest BCUT2D eigenvalue weighted by molar-refractivity contribution is 6.32. The zero-order chi connectivity index (χ0) is 25.2. The van der Waals surface area contributed by atoms with Crippen molar-refractivity contribution in [2.24, 2.45) is 10.1 Å². The van der Waals surface area contributed by atoms with Crippen molar-refractivity contribution in [1.82, 2.24) is 14.9 Å². The number of benzene rings is 2. The van der Waals surface area contributed by atoms with Crippen LogP contribution in [0.1, 0.15) is 22.6 Å². The lowest BCUT2D eigenvalue weighted by molar-refractivity contribution is 0.573. The van der Waals surface area contributed by atoms with Crippen molar-refractivity contribution in [3.05, 3.63) is 93.4 Å². The van der Waals surface area contributed by atoms with Gasteiger partial charge in [0.05, 0.1) is 12.4 Å². The lowest BCUT2D eigenvalue weighted by Crippen LogP contribution is -1.97. The van der Waals surface area contributed by atoms with E-state index in [1.807, 2.05) is 62.4 Å². The predicted octanol–water partition coefficient (Wildman–Crippen LogP) is 6.94. The van der Waals surface area contributed by atoms with Crippen molar-refractivity contribution >= 4 is 47.5 Å². The predicted molar refractivity (Wildman–Crippen MR) is 142 cm³/mol. The number of rotatable bonds is 6. The number of nitrogens with two attached hydrogens (primary N) is 1. The Bertz CT molecular complexity index is 1610. The van der Waals surface area contributed by atoms with Gasteiger partial charge >= 0.3 is 0 Å². The summed E-state index contributed by atoms with van der Waals surface area (Å²) in [5.74, 6) is 2.65. The molecule has 180 valence electrons. The van der Waals surface area contributed by atoms with E-state index in [9.17, 15) is 0 Å². The monoisotopic (exact) mass is 518 g/mol. The fourth-order valence-electron chi connectivity index (χ4n) is 3.59. The normalized spacial score (nSPS) is 11.8. The van der Waals surface area contributed by atoms with Crippen LogP contribution >= 0.6 is 23.2 Å². The summed E-state index contributed by atoms with van der Waals surface area (Å²) in [7, 11) is 0. The van der Waals surface area contributed by atoms with Gasteiger partial charge in [-0.3, -0.25) is 0 Å². The fourth-order valence-corrected chi connectivity index (χ4v) is 3.94. The number of hydrogen-bond acceptors (Lipinski definition) is 7. The minimum atomic E-state index is 0.0746. The van der Waals surface area contributed by atoms with E-state index in [1.165, 1.54) is 17.1 Å². The first-order valence-corrected chi connectivity index (χ1v) is 11.7. The second kappa shape index (κ2) is 9.85. The summed E-state index contributed by atoms with van der Waals surface area (Å²) in [6, 6.07) is 18.6. The van der Waals surface area contributed by atoms with E-state index in [-0.39, 0.29) is 11.9 Å². The topological polar surface area (TPSA) is 108 Å². The van der Waals surface area contributed by atoms with Crippen LogP contribution in [0, 0.1) is 13.8 Å². The third-order valence-corrected chi connectivity index (χ3v) is 6.39. The van der Waals surface area contributed by atoms with E-state index in [4.69, 9.17) is 37.8 Å². The van der Waals surface area contributed by atoms with Gasteiger partial charge in [-0.1, -0.05) is 47.5 Å². The van der Waals surface area contributed by atoms with Crippen LogP contribution in [0.2, 0.25) is 10.0 Å². The maximum absolute atomic E-state index is 6.23. The Morgan fingerprint density at radius 2 is 1.33 bits per heavy atom. The van der Waals surface area contributed by atoms with Crippen molar-refractivity contribution in [3.63, 3.8) is 0 Å². The molecule has 0 amide bonds. The maximum atomic E-state index is 6.23. The SMILES string of the molecule is Cc1c(Cl)cccc1-c1ccc(C=Nc2nnc(N)n2/N=C\c2ccc(-c3cccc(Cl)c3C)o2)o1. The van der Waals surface area contributed by atoms with Gasteiger partial charge in [-0.25, -0.2) is 4.99 Å². The van der Waals surface area contributed by atoms with E-state index in [0.717, 1.165) is 22.3 Å². The van der Waals surface area contributed by atoms with Crippen LogP contribution in [0.25, 0.3) is 22.6 Å². The second-order valence-electron chi connectivity index (χ2n) is 7.90. The number of halogens is 2. The van der Waals surface area contributed by atoms with Crippen LogP contribution in [0.15, 0.2) is 79.6 Å². The number of aromatic nitrogens is 3. The van der Waals surface area contributed by atoms with Crippen molar-refractivity contribution in [2.75, 3.05) is 5.73 Å². The van der Waals surface area contributed by atoms with Gasteiger partial charge in [-0.15, -0.1) is 10.2 Å². The summed E-state index contributed by atoms with van der Waals surface area (Å²) >= 11 is 12.5. The van der Waals surface area contributed by atoms with Gasteiger partial charge in [-0.2, -0.15) is 9.78 Å². The summed E-state index contributed by atoms with van der Waals surface area (Å²) in [6.07, 6.45) is 3.03. The van der Waals surface area contributed by atoms with Crippen LogP contribution < -0.4 is 5.73 Å². The molecule has 0 fully saturated rings. The molecule has 5 rings (SSSR count). The lowest BCUT2D eigenvalue weighted by atomic mass is 10.1. The molecule has 0 radical (unpaired) electrons. The molecule has 3 heterocycles. The van der Waals surface area contributed by atoms with Gasteiger partial charge < -0.3 is 14.6 Å². The van der Waals surface area contributed by atoms with Gasteiger partial charge in [0.2, 0.25) is 5.95 Å². The number of anilines is 1. The number of hydrogen-bond donors (Lipinski definition) is 1. The highest BCUT2D eigenvalue weighted by Crippen LogP contribution is 2.30. The van der Waals surface area contributed by atoms with Gasteiger partial charge in [0.25, 0.3) is 5.95 Å². The first-order chi connectivity index (χ1) is 17.4. The van der Waals surface area contributed by atoms with Crippen molar-refractivity contribution in [3.8, 4) is 22.6 Å². The molecule has 0 unspecified atom stereocenters. The zero-order valence-electron chi connectivity index (χ0n) is 19.3. The Morgan fingerprint density at radius 3 is 1.92 bits per heavy atom. The smallest absolute Gasteiger partial charge is 0.273 e. The van der Waals surface area contributed by atoms with Gasteiger partial charge in [0.1, 0.15) is 23.0 Å². The van der Waals surface area contributed by atoms with Crippen LogP contribution in [0.5, 0.6) is 0 Å². The second-order valence-corrected chi connectivity index (χ2v) is 8.72. The minimum absolute atomic E-state index is 0.0746. The Labute approximate surface area is 216 Å². The molecule has 0 saturated heterocycles. The van der Waals surface area contributed by atoms with Gasteiger partial charge in [0.15, 0.2) is 0 Å². The van der Waals surface area contributed by atoms with Crippen molar-refractivity contribution < 1.29 is 8.83 Å². The molecule has 0 aliphatic carbocycles. The lowest BCUT2D eigenvalue weighted by Gasteiger charge is -2.03. The summed E-state index contributed by atoms with van der Waals surface area (Å²) in [6.45, 7) is 3.88. The molecule has 2 aromatic carbocycles. The van der Waals surface area contributed by atoms with E-state index in [0.29, 0.717) is 33.1 Å². The van der Waals surface area contributed by atoms with Crippen LogP contribution in [0.3, 0.4) is 0 Å². The summed E-state index contributed by atoms with van der Waals surface area (Å²) < 4.78 is 13.1. The molecule has 0 aliphatic heterocycles. The number of furan rings is 2. The van der Waals surface area contributed by atoms with Crippen LogP contribution in [-0.4, -0.2) is 27.3 Å². The van der Waals surface area contributed by atoms with E-state index >= 15 is 0 Å². The number of nitrogen functional groups attached to an aromatic ring is 1. The Hall–Kier alpha value is -4.14. The molecule has 36 heavy (non-hydrogen) atoms. The standard InChI is InChI=1S/C26H20Cl2N6O2/c1-15-19(5-3-7-21(15)27)23-11-9-17(35-23)13-30-26-33-32-25(29)34(26)31-14-18-10-12-24(36-18)20-6-4-8-22(28)16(20)2/h3-14H,1-2H3,(H2,29,32)/b30-13?,31-14-. The minimum Gasteiger partial charge on any atom is -0.455 e. The highest BCUT2D eigenvalue weighted by atomic mass is 35.5. The molecule has 0 atom stereocenters. The quantitative estimate of drug-likeness (QED) is 0.245. The summed E-state index contributed by atoms with van der Waals surface area (Å²) in [4.78, 5) is 4.34. The molecule has 3 aromatic heterocycles. The first-order valence-electron chi connectivity index (χ1n) is 10.9. The highest BCUT2D eigenvalue weighted by Gasteiger charge is 2.12. The molecule has 0 saturated carbocycles. The average molecular weight is 519 g/mol. The number of nitrogens with zero attached hydrogens (tertiary/aromatic N) is 5. The van der Waals surface area contributed by atoms with Crippen LogP contribution in [0.4, 0.5) is 11.9 Å². The van der Waals surface area contributed by atoms with Crippen LogP contribution in [-0.2, 0) is 0 Å². The molecule has 2 N–H and O–H groups in total. The van der Waals surface area contributed by atoms with Crippen molar-refractivity contribution in [1.29, 1.82) is 0 Å². The molecule has 8 nitrogen and oxygen atoms in total. The fraction of sp³-hybridized carbons (Fsp3) is 0.0769. The summed E-state index contributed by atoms with van der Waals surface area (Å²) in [5, 5.41) is 13.5. The third-order valence-electron chi connectivity index (χ3n) is 5.58. The molecule has 10 heteroatoms. The van der Waals surface area contributed by atoms with E-state index in [2.05, 4.69) is 20.3 Å². The maximum Gasteiger partial charge on any atom is 0.273 e. The molecular weight excluding hydrogens is 499 g/mol. The molecular formula is C26H20Cl2N6O2. The molecule has 0 aliphatic rings. The molecule has 0 spiro atoms. The van der Waals surface area contributed by atoms with Crippen molar-refractivity contribution in [2.45, 2.75) is 13.8 Å². The average Bonchev–Trinajstić information content (AvgIpc) is 3.60. The van der Waals surface area contributed by atoms with Gasteiger partial charge in [-0.05, 0) is 61.4 Å². The van der Waals surface area contributed by atoms with Gasteiger partial charge in [0, 0.05) is 21.2 Å². The molecule has 0 bridgehead atoms. The third kappa shape index (κ3) is 4.68. The Balaban J connectivity index is 1.36. The van der Waals surface area contributed by atoms with E-state index < -0.39 is 0 Å². The zero-order valence-corrected chi connectivity index (χ0v) is 20.8. The first kappa shape index (κ1) is 23.6. The Morgan fingerprint density at radius 1 is 0.778 bits per heavy atom. The van der Waals surface area contributed by atoms with E-state index in [1.54, 1.807) is 12.1 Å². The summed E-state index contributed by atoms with van der Waals surface area (Å²) in [5.41, 5.74) is 9.62.